The largest absolute Gasteiger partial charge is 0.496 e. The summed E-state index contributed by atoms with van der Waals surface area (Å²) in [6, 6.07) is 63.3. The standard InChI is InChI=1S/C44H37NO2.C6H7N/c1-32(33-17-9-5-10-18-33)39-29-36(25-27-42(39)46-3)44(2,35-21-13-7-14-22-35)37-26-28-43(47-4)40(30-37)41(34-19-11-6-12-20-34)31-45-38-23-15-8-16-24-38;7-6-4-2-1-3-5-6/h5-30H,1H2,2-4H3;1-5H,7H2. The van der Waals surface area contributed by atoms with Gasteiger partial charge in [-0.15, -0.1) is 0 Å². The molecule has 4 heteroatoms. The lowest BCUT2D eigenvalue weighted by atomic mass is 9.70. The Labute approximate surface area is 319 Å². The van der Waals surface area contributed by atoms with Crippen molar-refractivity contribution < 1.29 is 9.47 Å². The van der Waals surface area contributed by atoms with E-state index in [1.165, 1.54) is 0 Å². The van der Waals surface area contributed by atoms with Crippen LogP contribution in [0.5, 0.6) is 11.5 Å². The second-order valence-electron chi connectivity index (χ2n) is 12.9. The number of aliphatic imine (C=N–C) groups is 1. The Bertz CT molecular complexity index is 2350. The summed E-state index contributed by atoms with van der Waals surface area (Å²) in [6.07, 6.45) is 0. The van der Waals surface area contributed by atoms with Gasteiger partial charge in [-0.3, -0.25) is 0 Å². The Morgan fingerprint density at radius 3 is 1.48 bits per heavy atom. The smallest absolute Gasteiger partial charge is 0.127 e. The number of nitrogen functional groups attached to an aromatic ring is 1. The van der Waals surface area contributed by atoms with Crippen LogP contribution in [0.4, 0.5) is 11.4 Å². The number of benzene rings is 7. The number of methoxy groups -OCH3 is 2. The summed E-state index contributed by atoms with van der Waals surface area (Å²) in [6.45, 7) is 6.77. The quantitative estimate of drug-likeness (QED) is 0.0876. The van der Waals surface area contributed by atoms with Gasteiger partial charge in [0.2, 0.25) is 0 Å². The van der Waals surface area contributed by atoms with Crippen LogP contribution < -0.4 is 15.2 Å². The van der Waals surface area contributed by atoms with Crippen LogP contribution in [0.25, 0.3) is 11.1 Å². The SMILES string of the molecule is C=C(c1ccccc1)c1cc(C(C)(c2ccccc2)c2ccc(OC)c(C(=C=Nc3ccccc3)c3ccccc3)c2)ccc1OC.Nc1ccccc1. The fourth-order valence-corrected chi connectivity index (χ4v) is 6.50. The van der Waals surface area contributed by atoms with Crippen molar-refractivity contribution in [2.75, 3.05) is 20.0 Å². The van der Waals surface area contributed by atoms with Crippen LogP contribution in [0.2, 0.25) is 0 Å². The number of hydrogen-bond acceptors (Lipinski definition) is 4. The van der Waals surface area contributed by atoms with Crippen LogP contribution in [0.1, 0.15) is 45.9 Å². The monoisotopic (exact) mass is 704 g/mol. The number of nitrogens with two attached hydrogens (primary N) is 1. The fraction of sp³-hybridized carbons (Fsp3) is 0.0800. The predicted molar refractivity (Wildman–Crippen MR) is 226 cm³/mol. The number of ether oxygens (including phenoxy) is 2. The van der Waals surface area contributed by atoms with Gasteiger partial charge in [-0.25, -0.2) is 4.99 Å². The molecule has 7 aromatic rings. The maximum absolute atomic E-state index is 5.98. The molecule has 4 nitrogen and oxygen atoms in total. The first kappa shape index (κ1) is 36.9. The summed E-state index contributed by atoms with van der Waals surface area (Å²) in [4.78, 5) is 4.76. The van der Waals surface area contributed by atoms with Crippen molar-refractivity contribution in [3.05, 3.63) is 234 Å². The van der Waals surface area contributed by atoms with Gasteiger partial charge in [0.25, 0.3) is 0 Å². The van der Waals surface area contributed by atoms with E-state index in [-0.39, 0.29) is 0 Å². The van der Waals surface area contributed by atoms with Crippen LogP contribution in [-0.2, 0) is 5.41 Å². The third-order valence-corrected chi connectivity index (χ3v) is 9.54. The minimum absolute atomic E-state index is 0.557. The zero-order chi connectivity index (χ0) is 37.8. The molecule has 1 unspecified atom stereocenters. The Kier molecular flexibility index (Phi) is 12.0. The van der Waals surface area contributed by atoms with Crippen LogP contribution in [-0.4, -0.2) is 20.1 Å². The Morgan fingerprint density at radius 2 is 0.981 bits per heavy atom. The molecular formula is C50H44N2O2. The third kappa shape index (κ3) is 8.43. The van der Waals surface area contributed by atoms with Crippen LogP contribution in [0.15, 0.2) is 200 Å². The molecule has 0 aromatic heterocycles. The van der Waals surface area contributed by atoms with Crippen molar-refractivity contribution in [2.45, 2.75) is 12.3 Å². The van der Waals surface area contributed by atoms with Crippen molar-refractivity contribution >= 4 is 28.4 Å². The highest BCUT2D eigenvalue weighted by Gasteiger charge is 2.33. The molecule has 1 atom stereocenters. The van der Waals surface area contributed by atoms with E-state index >= 15 is 0 Å². The lowest BCUT2D eigenvalue weighted by Gasteiger charge is -2.33. The average Bonchev–Trinajstić information content (AvgIpc) is 3.24. The van der Waals surface area contributed by atoms with Gasteiger partial charge in [0, 0.05) is 22.2 Å². The van der Waals surface area contributed by atoms with Gasteiger partial charge in [-0.1, -0.05) is 146 Å². The van der Waals surface area contributed by atoms with Crippen molar-refractivity contribution in [1.82, 2.24) is 0 Å². The van der Waals surface area contributed by atoms with Gasteiger partial charge in [0.05, 0.1) is 25.5 Å². The lowest BCUT2D eigenvalue weighted by molar-refractivity contribution is 0.413. The zero-order valence-electron chi connectivity index (χ0n) is 30.9. The molecule has 0 bridgehead atoms. The highest BCUT2D eigenvalue weighted by molar-refractivity contribution is 6.01. The molecular weight excluding hydrogens is 661 g/mol. The van der Waals surface area contributed by atoms with Gasteiger partial charge in [0.1, 0.15) is 11.5 Å². The summed E-state index contributed by atoms with van der Waals surface area (Å²) in [5.74, 6) is 4.91. The number of rotatable bonds is 10. The molecule has 2 N–H and O–H groups in total. The van der Waals surface area contributed by atoms with Crippen molar-refractivity contribution in [1.29, 1.82) is 0 Å². The minimum Gasteiger partial charge on any atom is -0.496 e. The zero-order valence-corrected chi connectivity index (χ0v) is 30.9. The molecule has 0 spiro atoms. The molecule has 0 radical (unpaired) electrons. The molecule has 0 aliphatic rings. The van der Waals surface area contributed by atoms with E-state index in [9.17, 15) is 0 Å². The molecule has 0 aliphatic heterocycles. The fourth-order valence-electron chi connectivity index (χ4n) is 6.50. The minimum atomic E-state index is -0.557. The number of nitrogens with zero attached hydrogens (tertiary/aromatic N) is 1. The molecule has 266 valence electrons. The van der Waals surface area contributed by atoms with E-state index in [1.54, 1.807) is 14.2 Å². The highest BCUT2D eigenvalue weighted by atomic mass is 16.5. The number of para-hydroxylation sites is 2. The molecule has 54 heavy (non-hydrogen) atoms. The number of anilines is 1. The first-order chi connectivity index (χ1) is 26.4. The maximum atomic E-state index is 5.98. The lowest BCUT2D eigenvalue weighted by Crippen LogP contribution is -2.26. The molecule has 0 amide bonds. The molecule has 0 fully saturated rings. The molecule has 0 saturated heterocycles. The van der Waals surface area contributed by atoms with E-state index < -0.39 is 5.41 Å². The van der Waals surface area contributed by atoms with Crippen molar-refractivity contribution in [3.8, 4) is 11.5 Å². The Morgan fingerprint density at radius 1 is 0.537 bits per heavy atom. The van der Waals surface area contributed by atoms with Gasteiger partial charge in [0.15, 0.2) is 0 Å². The van der Waals surface area contributed by atoms with Gasteiger partial charge in [-0.05, 0) is 94.7 Å². The first-order valence-corrected chi connectivity index (χ1v) is 17.8. The van der Waals surface area contributed by atoms with Gasteiger partial charge < -0.3 is 15.2 Å². The number of hydrogen-bond donors (Lipinski definition) is 1. The molecule has 0 saturated carbocycles. The summed E-state index contributed by atoms with van der Waals surface area (Å²) in [7, 11) is 3.41. The second-order valence-corrected chi connectivity index (χ2v) is 12.9. The van der Waals surface area contributed by atoms with E-state index in [0.29, 0.717) is 0 Å². The normalized spacial score (nSPS) is 11.5. The van der Waals surface area contributed by atoms with Crippen molar-refractivity contribution in [3.63, 3.8) is 0 Å². The second kappa shape index (κ2) is 17.6. The molecule has 0 aliphatic carbocycles. The summed E-state index contributed by atoms with van der Waals surface area (Å²) >= 11 is 0. The van der Waals surface area contributed by atoms with E-state index in [2.05, 4.69) is 98.2 Å². The van der Waals surface area contributed by atoms with Crippen molar-refractivity contribution in [2.24, 2.45) is 4.99 Å². The van der Waals surface area contributed by atoms with E-state index in [0.717, 1.165) is 73.0 Å². The van der Waals surface area contributed by atoms with E-state index in [1.807, 2.05) is 109 Å². The predicted octanol–water partition coefficient (Wildman–Crippen LogP) is 11.8. The first-order valence-electron chi connectivity index (χ1n) is 17.8. The van der Waals surface area contributed by atoms with Crippen LogP contribution in [0, 0.1) is 0 Å². The Balaban J connectivity index is 0.000000639. The maximum Gasteiger partial charge on any atom is 0.127 e. The summed E-state index contributed by atoms with van der Waals surface area (Å²) in [5, 5.41) is 0. The summed E-state index contributed by atoms with van der Waals surface area (Å²) < 4.78 is 11.8. The average molecular weight is 705 g/mol. The topological polar surface area (TPSA) is 56.8 Å². The molecule has 0 heterocycles. The molecule has 7 rings (SSSR count). The third-order valence-electron chi connectivity index (χ3n) is 9.54. The molecule has 7 aromatic carbocycles. The van der Waals surface area contributed by atoms with Gasteiger partial charge >= 0.3 is 0 Å². The van der Waals surface area contributed by atoms with Crippen LogP contribution in [0.3, 0.4) is 0 Å². The van der Waals surface area contributed by atoms with Crippen LogP contribution >= 0.6 is 0 Å². The highest BCUT2D eigenvalue weighted by Crippen LogP contribution is 2.44. The summed E-state index contributed by atoms with van der Waals surface area (Å²) in [5.41, 5.74) is 15.5. The van der Waals surface area contributed by atoms with Gasteiger partial charge in [-0.2, -0.15) is 0 Å². The van der Waals surface area contributed by atoms with E-state index in [4.69, 9.17) is 20.2 Å². The Hall–Kier alpha value is -6.87.